The molecule has 0 aliphatic heterocycles. The molecule has 1 aromatic rings. The van der Waals surface area contributed by atoms with E-state index in [1.165, 1.54) is 7.11 Å². The van der Waals surface area contributed by atoms with Gasteiger partial charge in [0.2, 0.25) is 0 Å². The average Bonchev–Trinajstić information content (AvgIpc) is 2.29. The predicted octanol–water partition coefficient (Wildman–Crippen LogP) is 1.60. The molecule has 4 nitrogen and oxygen atoms in total. The molecule has 0 aliphatic rings. The van der Waals surface area contributed by atoms with Crippen molar-refractivity contribution in [3.8, 4) is 5.75 Å². The Bertz CT molecular complexity index is 373. The minimum Gasteiger partial charge on any atom is -0.493 e. The van der Waals surface area contributed by atoms with Crippen molar-refractivity contribution in [2.24, 2.45) is 0 Å². The molecular formula is C12H16O4. The van der Waals surface area contributed by atoms with Crippen LogP contribution in [0.2, 0.25) is 0 Å². The first-order valence-corrected chi connectivity index (χ1v) is 5.09. The third kappa shape index (κ3) is 2.73. The van der Waals surface area contributed by atoms with Crippen molar-refractivity contribution in [3.05, 3.63) is 29.3 Å². The van der Waals surface area contributed by atoms with Crippen LogP contribution < -0.4 is 4.74 Å². The number of hydrogen-bond donors (Lipinski definition) is 1. The summed E-state index contributed by atoms with van der Waals surface area (Å²) in [6.07, 6.45) is -1.30. The maximum atomic E-state index is 11.3. The van der Waals surface area contributed by atoms with E-state index in [1.807, 2.05) is 19.9 Å². The van der Waals surface area contributed by atoms with Gasteiger partial charge in [-0.2, -0.15) is 0 Å². The minimum absolute atomic E-state index is 0.439. The number of aryl methyl sites for hydroxylation is 1. The van der Waals surface area contributed by atoms with Crippen LogP contribution >= 0.6 is 0 Å². The Balaban J connectivity index is 3.08. The molecule has 4 heteroatoms. The van der Waals surface area contributed by atoms with Gasteiger partial charge in [0.1, 0.15) is 5.75 Å². The second-order valence-electron chi connectivity index (χ2n) is 3.40. The van der Waals surface area contributed by atoms with Crippen LogP contribution in [-0.2, 0) is 9.53 Å². The highest BCUT2D eigenvalue weighted by atomic mass is 16.5. The Kier molecular flexibility index (Phi) is 4.31. The number of aliphatic hydroxyl groups is 1. The number of hydrogen-bond acceptors (Lipinski definition) is 4. The summed E-state index contributed by atoms with van der Waals surface area (Å²) in [5.41, 5.74) is 1.38. The topological polar surface area (TPSA) is 55.8 Å². The van der Waals surface area contributed by atoms with Crippen molar-refractivity contribution in [1.29, 1.82) is 0 Å². The van der Waals surface area contributed by atoms with E-state index in [-0.39, 0.29) is 0 Å². The van der Waals surface area contributed by atoms with Gasteiger partial charge in [-0.15, -0.1) is 0 Å². The molecule has 88 valence electrons. The van der Waals surface area contributed by atoms with E-state index < -0.39 is 12.1 Å². The maximum Gasteiger partial charge on any atom is 0.339 e. The monoisotopic (exact) mass is 224 g/mol. The molecule has 1 atom stereocenters. The summed E-state index contributed by atoms with van der Waals surface area (Å²) in [6, 6.07) is 5.31. The highest BCUT2D eigenvalue weighted by molar-refractivity contribution is 5.77. The van der Waals surface area contributed by atoms with Crippen LogP contribution in [0.15, 0.2) is 18.2 Å². The highest BCUT2D eigenvalue weighted by Gasteiger charge is 2.21. The van der Waals surface area contributed by atoms with Crippen LogP contribution in [-0.4, -0.2) is 24.8 Å². The van der Waals surface area contributed by atoms with Gasteiger partial charge in [-0.05, 0) is 26.0 Å². The van der Waals surface area contributed by atoms with E-state index in [9.17, 15) is 9.90 Å². The molecule has 1 N–H and O–H groups in total. The van der Waals surface area contributed by atoms with Crippen molar-refractivity contribution < 1.29 is 19.4 Å². The minimum atomic E-state index is -1.30. The van der Waals surface area contributed by atoms with Crippen molar-refractivity contribution in [2.75, 3.05) is 13.7 Å². The molecule has 16 heavy (non-hydrogen) atoms. The lowest BCUT2D eigenvalue weighted by atomic mass is 10.1. The van der Waals surface area contributed by atoms with Gasteiger partial charge in [0.05, 0.1) is 13.7 Å². The van der Waals surface area contributed by atoms with Crippen LogP contribution in [0.5, 0.6) is 5.75 Å². The van der Waals surface area contributed by atoms with E-state index in [2.05, 4.69) is 4.74 Å². The summed E-state index contributed by atoms with van der Waals surface area (Å²) >= 11 is 0. The van der Waals surface area contributed by atoms with E-state index in [0.717, 1.165) is 5.56 Å². The van der Waals surface area contributed by atoms with Gasteiger partial charge in [-0.25, -0.2) is 4.79 Å². The van der Waals surface area contributed by atoms with E-state index in [1.54, 1.807) is 12.1 Å². The Morgan fingerprint density at radius 3 is 2.75 bits per heavy atom. The van der Waals surface area contributed by atoms with Crippen LogP contribution in [0.25, 0.3) is 0 Å². The molecule has 0 spiro atoms. The SMILES string of the molecule is CCOc1ccc(C)cc1C(O)C(=O)OC. The quantitative estimate of drug-likeness (QED) is 0.789. The molecule has 0 aliphatic carbocycles. The number of esters is 1. The molecule has 0 radical (unpaired) electrons. The average molecular weight is 224 g/mol. The summed E-state index contributed by atoms with van der Waals surface area (Å²) in [5.74, 6) is -0.183. The predicted molar refractivity (Wildman–Crippen MR) is 59.3 cm³/mol. The van der Waals surface area contributed by atoms with Crippen LogP contribution in [0.4, 0.5) is 0 Å². The van der Waals surface area contributed by atoms with Gasteiger partial charge in [-0.1, -0.05) is 11.6 Å². The Morgan fingerprint density at radius 1 is 1.50 bits per heavy atom. The third-order valence-electron chi connectivity index (χ3n) is 2.18. The fraction of sp³-hybridized carbons (Fsp3) is 0.417. The van der Waals surface area contributed by atoms with Crippen molar-refractivity contribution in [1.82, 2.24) is 0 Å². The lowest BCUT2D eigenvalue weighted by Crippen LogP contribution is -2.15. The van der Waals surface area contributed by atoms with Crippen molar-refractivity contribution in [3.63, 3.8) is 0 Å². The summed E-state index contributed by atoms with van der Waals surface area (Å²) in [4.78, 5) is 11.3. The summed E-state index contributed by atoms with van der Waals surface area (Å²) in [5, 5.41) is 9.77. The normalized spacial score (nSPS) is 12.0. The molecule has 1 rings (SSSR count). The standard InChI is InChI=1S/C12H16O4/c1-4-16-10-6-5-8(2)7-9(10)11(13)12(14)15-3/h5-7,11,13H,4H2,1-3H3. The zero-order chi connectivity index (χ0) is 12.1. The number of aliphatic hydroxyl groups excluding tert-OH is 1. The summed E-state index contributed by atoms with van der Waals surface area (Å²) in [7, 11) is 1.24. The molecule has 0 aromatic heterocycles. The zero-order valence-electron chi connectivity index (χ0n) is 9.69. The van der Waals surface area contributed by atoms with Crippen molar-refractivity contribution >= 4 is 5.97 Å². The second kappa shape index (κ2) is 5.51. The van der Waals surface area contributed by atoms with E-state index in [0.29, 0.717) is 17.9 Å². The molecule has 1 unspecified atom stereocenters. The molecule has 0 bridgehead atoms. The molecule has 0 amide bonds. The third-order valence-corrected chi connectivity index (χ3v) is 2.18. The molecule has 0 saturated carbocycles. The van der Waals surface area contributed by atoms with Gasteiger partial charge in [0.25, 0.3) is 0 Å². The zero-order valence-corrected chi connectivity index (χ0v) is 9.69. The fourth-order valence-corrected chi connectivity index (χ4v) is 1.41. The smallest absolute Gasteiger partial charge is 0.339 e. The Labute approximate surface area is 94.8 Å². The largest absolute Gasteiger partial charge is 0.493 e. The Morgan fingerprint density at radius 2 is 2.19 bits per heavy atom. The van der Waals surface area contributed by atoms with Crippen LogP contribution in [0.3, 0.4) is 0 Å². The lowest BCUT2D eigenvalue weighted by molar-refractivity contribution is -0.150. The van der Waals surface area contributed by atoms with Crippen LogP contribution in [0, 0.1) is 6.92 Å². The van der Waals surface area contributed by atoms with E-state index >= 15 is 0 Å². The molecule has 0 fully saturated rings. The first kappa shape index (κ1) is 12.5. The van der Waals surface area contributed by atoms with Gasteiger partial charge in [0.15, 0.2) is 6.10 Å². The number of rotatable bonds is 4. The first-order valence-electron chi connectivity index (χ1n) is 5.09. The first-order chi connectivity index (χ1) is 7.60. The number of benzene rings is 1. The number of carbonyl (C=O) groups excluding carboxylic acids is 1. The molecule has 0 heterocycles. The number of ether oxygens (including phenoxy) is 2. The van der Waals surface area contributed by atoms with Gasteiger partial charge >= 0.3 is 5.97 Å². The molecule has 0 saturated heterocycles. The molecular weight excluding hydrogens is 208 g/mol. The Hall–Kier alpha value is -1.55. The van der Waals surface area contributed by atoms with E-state index in [4.69, 9.17) is 4.74 Å². The van der Waals surface area contributed by atoms with Gasteiger partial charge < -0.3 is 14.6 Å². The summed E-state index contributed by atoms with van der Waals surface area (Å²) in [6.45, 7) is 4.20. The van der Waals surface area contributed by atoms with Gasteiger partial charge in [0, 0.05) is 5.56 Å². The molecule has 1 aromatic carbocycles. The lowest BCUT2D eigenvalue weighted by Gasteiger charge is -2.14. The number of carbonyl (C=O) groups is 1. The van der Waals surface area contributed by atoms with Crippen LogP contribution in [0.1, 0.15) is 24.2 Å². The van der Waals surface area contributed by atoms with Crippen molar-refractivity contribution in [2.45, 2.75) is 20.0 Å². The fourth-order valence-electron chi connectivity index (χ4n) is 1.41. The second-order valence-corrected chi connectivity index (χ2v) is 3.40. The number of methoxy groups -OCH3 is 1. The summed E-state index contributed by atoms with van der Waals surface area (Å²) < 4.78 is 9.83. The highest BCUT2D eigenvalue weighted by Crippen LogP contribution is 2.27. The van der Waals surface area contributed by atoms with Gasteiger partial charge in [-0.3, -0.25) is 0 Å². The maximum absolute atomic E-state index is 11.3.